The minimum absolute atomic E-state index is 0.103. The van der Waals surface area contributed by atoms with Gasteiger partial charge < -0.3 is 9.64 Å². The van der Waals surface area contributed by atoms with Crippen LogP contribution in [0.3, 0.4) is 0 Å². The summed E-state index contributed by atoms with van der Waals surface area (Å²) in [6, 6.07) is 2.13. The number of ether oxygens (including phenoxy) is 1. The van der Waals surface area contributed by atoms with Gasteiger partial charge in [0.25, 0.3) is 0 Å². The number of likely N-dealkylation sites (tertiary alicyclic amines) is 1. The van der Waals surface area contributed by atoms with Gasteiger partial charge in [0.2, 0.25) is 0 Å². The van der Waals surface area contributed by atoms with E-state index in [9.17, 15) is 4.79 Å². The zero-order valence-corrected chi connectivity index (χ0v) is 11.8. The minimum atomic E-state index is -0.460. The number of carbonyl (C=O) groups excluding carboxylic acids is 1. The fraction of sp³-hybridized carbons (Fsp3) is 0.833. The van der Waals surface area contributed by atoms with Gasteiger partial charge in [-0.25, -0.2) is 4.79 Å². The van der Waals surface area contributed by atoms with E-state index in [1.165, 1.54) is 0 Å². The second-order valence-corrected chi connectivity index (χ2v) is 7.19. The molecule has 18 heavy (non-hydrogen) atoms. The first-order valence-corrected chi connectivity index (χ1v) is 7.11. The Kier molecular flexibility index (Phi) is 3.47. The van der Waals surface area contributed by atoms with Crippen molar-refractivity contribution in [2.24, 2.45) is 0 Å². The van der Waals surface area contributed by atoms with Crippen molar-refractivity contribution >= 4 is 17.9 Å². The molecule has 2 aliphatic rings. The molecule has 1 spiro atoms. The third kappa shape index (κ3) is 2.90. The summed E-state index contributed by atoms with van der Waals surface area (Å²) in [5, 5.41) is 12.2. The summed E-state index contributed by atoms with van der Waals surface area (Å²) in [4.78, 5) is 13.5. The molecule has 2 atom stereocenters. The molecule has 0 radical (unpaired) electrons. The van der Waals surface area contributed by atoms with E-state index < -0.39 is 5.60 Å². The number of carbonyl (C=O) groups is 1. The standard InChI is InChI=1S/C12H19N3O2S/c1-11(2,3)17-10(16)15-5-4-12(8-15)14-9(6-13)7-18-12/h9,14H,4-5,7-8H2,1-3H3/t9-,12?/m1/s1. The maximum absolute atomic E-state index is 12.0. The molecular formula is C12H19N3O2S. The summed E-state index contributed by atoms with van der Waals surface area (Å²) >= 11 is 1.74. The maximum atomic E-state index is 12.0. The lowest BCUT2D eigenvalue weighted by atomic mass is 10.2. The number of nitriles is 1. The van der Waals surface area contributed by atoms with Gasteiger partial charge in [0.1, 0.15) is 11.6 Å². The first-order valence-electron chi connectivity index (χ1n) is 6.13. The highest BCUT2D eigenvalue weighted by Crippen LogP contribution is 2.38. The Labute approximate surface area is 112 Å². The number of hydrogen-bond acceptors (Lipinski definition) is 5. The molecule has 100 valence electrons. The molecular weight excluding hydrogens is 250 g/mol. The van der Waals surface area contributed by atoms with Crippen molar-refractivity contribution in [1.29, 1.82) is 5.26 Å². The Morgan fingerprint density at radius 3 is 2.89 bits per heavy atom. The molecule has 2 rings (SSSR count). The van der Waals surface area contributed by atoms with Crippen LogP contribution in [0.1, 0.15) is 27.2 Å². The van der Waals surface area contributed by atoms with Gasteiger partial charge in [0, 0.05) is 12.3 Å². The molecule has 0 aromatic heterocycles. The Hall–Kier alpha value is -0.930. The highest BCUT2D eigenvalue weighted by Gasteiger charge is 2.46. The van der Waals surface area contributed by atoms with Crippen molar-refractivity contribution < 1.29 is 9.53 Å². The van der Waals surface area contributed by atoms with Crippen molar-refractivity contribution in [2.75, 3.05) is 18.8 Å². The van der Waals surface area contributed by atoms with Crippen molar-refractivity contribution in [1.82, 2.24) is 10.2 Å². The molecule has 0 aromatic rings. The molecule has 1 unspecified atom stereocenters. The van der Waals surface area contributed by atoms with E-state index in [1.807, 2.05) is 20.8 Å². The third-order valence-electron chi connectivity index (χ3n) is 3.00. The van der Waals surface area contributed by atoms with Crippen LogP contribution in [0.4, 0.5) is 4.79 Å². The molecule has 5 nitrogen and oxygen atoms in total. The van der Waals surface area contributed by atoms with Crippen LogP contribution in [-0.4, -0.2) is 46.3 Å². The van der Waals surface area contributed by atoms with Gasteiger partial charge in [-0.3, -0.25) is 5.32 Å². The molecule has 0 saturated carbocycles. The Morgan fingerprint density at radius 1 is 1.61 bits per heavy atom. The Bertz CT molecular complexity index is 388. The average Bonchev–Trinajstić information content (AvgIpc) is 2.84. The van der Waals surface area contributed by atoms with Crippen LogP contribution in [0, 0.1) is 11.3 Å². The summed E-state index contributed by atoms with van der Waals surface area (Å²) in [6.07, 6.45) is 0.608. The number of nitrogens with zero attached hydrogens (tertiary/aromatic N) is 2. The van der Waals surface area contributed by atoms with E-state index in [4.69, 9.17) is 10.00 Å². The number of amides is 1. The smallest absolute Gasteiger partial charge is 0.410 e. The van der Waals surface area contributed by atoms with Crippen LogP contribution in [0.15, 0.2) is 0 Å². The molecule has 0 aliphatic carbocycles. The molecule has 1 amide bonds. The third-order valence-corrected chi connectivity index (χ3v) is 4.51. The summed E-state index contributed by atoms with van der Waals surface area (Å²) in [5.74, 6) is 0.790. The lowest BCUT2D eigenvalue weighted by molar-refractivity contribution is 0.0289. The monoisotopic (exact) mass is 269 g/mol. The maximum Gasteiger partial charge on any atom is 0.410 e. The molecule has 2 aliphatic heterocycles. The summed E-state index contributed by atoms with van der Waals surface area (Å²) in [5.41, 5.74) is -0.460. The second kappa shape index (κ2) is 4.63. The fourth-order valence-electron chi connectivity index (χ4n) is 2.21. The van der Waals surface area contributed by atoms with Crippen LogP contribution in [0.5, 0.6) is 0 Å². The van der Waals surface area contributed by atoms with E-state index in [0.717, 1.165) is 12.2 Å². The predicted molar refractivity (Wildman–Crippen MR) is 70.1 cm³/mol. The Morgan fingerprint density at radius 2 is 2.33 bits per heavy atom. The van der Waals surface area contributed by atoms with E-state index in [2.05, 4.69) is 11.4 Å². The van der Waals surface area contributed by atoms with Gasteiger partial charge in [-0.2, -0.15) is 5.26 Å². The predicted octanol–water partition coefficient (Wildman–Crippen LogP) is 1.55. The Balaban J connectivity index is 1.93. The summed E-state index contributed by atoms with van der Waals surface area (Å²) in [7, 11) is 0. The zero-order valence-electron chi connectivity index (χ0n) is 11.0. The molecule has 1 N–H and O–H groups in total. The first-order chi connectivity index (χ1) is 8.34. The second-order valence-electron chi connectivity index (χ2n) is 5.78. The normalized spacial score (nSPS) is 31.7. The first kappa shape index (κ1) is 13.5. The van der Waals surface area contributed by atoms with Gasteiger partial charge in [-0.15, -0.1) is 11.8 Å². The molecule has 6 heteroatoms. The SMILES string of the molecule is CC(C)(C)OC(=O)N1CCC2(C1)N[C@H](C#N)CS2. The highest BCUT2D eigenvalue weighted by atomic mass is 32.2. The van der Waals surface area contributed by atoms with Crippen molar-refractivity contribution in [3.63, 3.8) is 0 Å². The van der Waals surface area contributed by atoms with E-state index in [1.54, 1.807) is 16.7 Å². The van der Waals surface area contributed by atoms with E-state index in [-0.39, 0.29) is 17.0 Å². The molecule has 0 bridgehead atoms. The summed E-state index contributed by atoms with van der Waals surface area (Å²) in [6.45, 7) is 6.90. The molecule has 2 heterocycles. The number of hydrogen-bond donors (Lipinski definition) is 1. The topological polar surface area (TPSA) is 65.4 Å². The average molecular weight is 269 g/mol. The van der Waals surface area contributed by atoms with Crippen molar-refractivity contribution in [2.45, 2.75) is 43.7 Å². The van der Waals surface area contributed by atoms with Crippen LogP contribution in [0.2, 0.25) is 0 Å². The number of rotatable bonds is 0. The number of nitrogens with one attached hydrogen (secondary N) is 1. The largest absolute Gasteiger partial charge is 0.444 e. The van der Waals surface area contributed by atoms with Gasteiger partial charge in [-0.1, -0.05) is 0 Å². The lowest BCUT2D eigenvalue weighted by Crippen LogP contribution is -2.45. The van der Waals surface area contributed by atoms with Crippen LogP contribution >= 0.6 is 11.8 Å². The van der Waals surface area contributed by atoms with E-state index >= 15 is 0 Å². The van der Waals surface area contributed by atoms with Crippen LogP contribution in [-0.2, 0) is 4.74 Å². The van der Waals surface area contributed by atoms with E-state index in [0.29, 0.717) is 13.1 Å². The molecule has 0 aromatic carbocycles. The summed E-state index contributed by atoms with van der Waals surface area (Å²) < 4.78 is 5.36. The van der Waals surface area contributed by atoms with Crippen molar-refractivity contribution in [3.8, 4) is 6.07 Å². The molecule has 2 fully saturated rings. The van der Waals surface area contributed by atoms with Gasteiger partial charge in [0.15, 0.2) is 0 Å². The van der Waals surface area contributed by atoms with Crippen molar-refractivity contribution in [3.05, 3.63) is 0 Å². The zero-order chi connectivity index (χ0) is 13.4. The van der Waals surface area contributed by atoms with Gasteiger partial charge in [0.05, 0.1) is 17.5 Å². The molecule has 2 saturated heterocycles. The van der Waals surface area contributed by atoms with Crippen LogP contribution < -0.4 is 5.32 Å². The lowest BCUT2D eigenvalue weighted by Gasteiger charge is -2.26. The van der Waals surface area contributed by atoms with Crippen LogP contribution in [0.25, 0.3) is 0 Å². The van der Waals surface area contributed by atoms with Gasteiger partial charge >= 0.3 is 6.09 Å². The van der Waals surface area contributed by atoms with Gasteiger partial charge in [-0.05, 0) is 27.2 Å². The quantitative estimate of drug-likeness (QED) is 0.723. The minimum Gasteiger partial charge on any atom is -0.444 e. The fourth-order valence-corrected chi connectivity index (χ4v) is 3.57. The number of thioether (sulfide) groups is 1. The highest BCUT2D eigenvalue weighted by molar-refractivity contribution is 8.01.